The van der Waals surface area contributed by atoms with Crippen molar-refractivity contribution in [2.45, 2.75) is 32.2 Å². The van der Waals surface area contributed by atoms with Gasteiger partial charge in [0.05, 0.1) is 12.2 Å². The topological polar surface area (TPSA) is 51.4 Å². The SMILES string of the molecule is CC1(C)CN(c2nc(C(F)(F)F)ccc2CN)CCO1. The number of nitrogens with two attached hydrogens (primary N) is 1. The molecule has 4 nitrogen and oxygen atoms in total. The van der Waals surface area contributed by atoms with Crippen molar-refractivity contribution in [1.82, 2.24) is 4.98 Å². The fourth-order valence-corrected chi connectivity index (χ4v) is 2.27. The van der Waals surface area contributed by atoms with Crippen LogP contribution in [0.2, 0.25) is 0 Å². The van der Waals surface area contributed by atoms with Crippen LogP contribution in [0.1, 0.15) is 25.1 Å². The number of halogens is 3. The number of ether oxygens (including phenoxy) is 1. The molecule has 0 bridgehead atoms. The highest BCUT2D eigenvalue weighted by molar-refractivity contribution is 5.49. The summed E-state index contributed by atoms with van der Waals surface area (Å²) in [6, 6.07) is 2.37. The fourth-order valence-electron chi connectivity index (χ4n) is 2.27. The third-order valence-corrected chi connectivity index (χ3v) is 3.19. The van der Waals surface area contributed by atoms with Gasteiger partial charge in [-0.2, -0.15) is 13.2 Å². The molecule has 0 unspecified atom stereocenters. The fraction of sp³-hybridized carbons (Fsp3) is 0.615. The number of aromatic nitrogens is 1. The van der Waals surface area contributed by atoms with E-state index in [1.54, 1.807) is 4.90 Å². The highest BCUT2D eigenvalue weighted by Gasteiger charge is 2.35. The summed E-state index contributed by atoms with van der Waals surface area (Å²) >= 11 is 0. The Balaban J connectivity index is 2.38. The van der Waals surface area contributed by atoms with Gasteiger partial charge in [-0.3, -0.25) is 0 Å². The second-order valence-corrected chi connectivity index (χ2v) is 5.41. The molecular formula is C13H18F3N3O. The minimum absolute atomic E-state index is 0.151. The van der Waals surface area contributed by atoms with Crippen molar-refractivity contribution in [2.75, 3.05) is 24.6 Å². The average molecular weight is 289 g/mol. The molecule has 0 aliphatic carbocycles. The maximum atomic E-state index is 12.8. The molecule has 112 valence electrons. The van der Waals surface area contributed by atoms with Gasteiger partial charge >= 0.3 is 6.18 Å². The van der Waals surface area contributed by atoms with Crippen LogP contribution in [-0.4, -0.2) is 30.3 Å². The van der Waals surface area contributed by atoms with E-state index in [2.05, 4.69) is 4.98 Å². The van der Waals surface area contributed by atoms with Crippen molar-refractivity contribution in [2.24, 2.45) is 5.73 Å². The van der Waals surface area contributed by atoms with Crippen molar-refractivity contribution >= 4 is 5.82 Å². The third-order valence-electron chi connectivity index (χ3n) is 3.19. The predicted molar refractivity (Wildman–Crippen MR) is 69.4 cm³/mol. The second-order valence-electron chi connectivity index (χ2n) is 5.41. The van der Waals surface area contributed by atoms with Crippen LogP contribution in [-0.2, 0) is 17.5 Å². The normalized spacial score (nSPS) is 19.2. The lowest BCUT2D eigenvalue weighted by molar-refractivity contribution is -0.141. The molecule has 2 heterocycles. The first-order valence-electron chi connectivity index (χ1n) is 6.39. The Morgan fingerprint density at radius 3 is 2.65 bits per heavy atom. The lowest BCUT2D eigenvalue weighted by atomic mass is 10.1. The van der Waals surface area contributed by atoms with E-state index in [-0.39, 0.29) is 6.54 Å². The predicted octanol–water partition coefficient (Wildman–Crippen LogP) is 2.17. The number of alkyl halides is 3. The van der Waals surface area contributed by atoms with Crippen LogP contribution in [0.3, 0.4) is 0 Å². The summed E-state index contributed by atoms with van der Waals surface area (Å²) in [5.41, 5.74) is 4.90. The molecule has 1 fully saturated rings. The van der Waals surface area contributed by atoms with Crippen LogP contribution in [0.4, 0.5) is 19.0 Å². The molecule has 1 aliphatic heterocycles. The quantitative estimate of drug-likeness (QED) is 0.906. The maximum absolute atomic E-state index is 12.8. The number of hydrogen-bond donors (Lipinski definition) is 1. The van der Waals surface area contributed by atoms with Gasteiger partial charge in [0, 0.05) is 25.2 Å². The molecule has 2 N–H and O–H groups in total. The van der Waals surface area contributed by atoms with Crippen LogP contribution in [0.15, 0.2) is 12.1 Å². The summed E-state index contributed by atoms with van der Waals surface area (Å²) in [5, 5.41) is 0. The largest absolute Gasteiger partial charge is 0.433 e. The lowest BCUT2D eigenvalue weighted by Crippen LogP contribution is -2.49. The highest BCUT2D eigenvalue weighted by Crippen LogP contribution is 2.31. The molecule has 1 aromatic heterocycles. The van der Waals surface area contributed by atoms with E-state index >= 15 is 0 Å². The Labute approximate surface area is 115 Å². The summed E-state index contributed by atoms with van der Waals surface area (Å²) in [5.74, 6) is 0.304. The van der Waals surface area contributed by atoms with Crippen LogP contribution in [0.25, 0.3) is 0 Å². The van der Waals surface area contributed by atoms with Gasteiger partial charge < -0.3 is 15.4 Å². The smallest absolute Gasteiger partial charge is 0.372 e. The summed E-state index contributed by atoms with van der Waals surface area (Å²) in [7, 11) is 0. The van der Waals surface area contributed by atoms with E-state index in [4.69, 9.17) is 10.5 Å². The summed E-state index contributed by atoms with van der Waals surface area (Å²) in [6.07, 6.45) is -4.45. The highest BCUT2D eigenvalue weighted by atomic mass is 19.4. The molecule has 1 saturated heterocycles. The second kappa shape index (κ2) is 5.21. The first-order valence-corrected chi connectivity index (χ1v) is 6.39. The van der Waals surface area contributed by atoms with E-state index < -0.39 is 17.5 Å². The van der Waals surface area contributed by atoms with Gasteiger partial charge in [-0.1, -0.05) is 6.07 Å². The van der Waals surface area contributed by atoms with Gasteiger partial charge in [-0.15, -0.1) is 0 Å². The Morgan fingerprint density at radius 2 is 2.10 bits per heavy atom. The Bertz CT molecular complexity index is 488. The average Bonchev–Trinajstić information content (AvgIpc) is 2.35. The number of morpholine rings is 1. The van der Waals surface area contributed by atoms with Crippen LogP contribution >= 0.6 is 0 Å². The minimum atomic E-state index is -4.45. The van der Waals surface area contributed by atoms with E-state index in [0.717, 1.165) is 6.07 Å². The minimum Gasteiger partial charge on any atom is -0.372 e. The van der Waals surface area contributed by atoms with E-state index in [1.165, 1.54) is 6.07 Å². The first kappa shape index (κ1) is 15.1. The summed E-state index contributed by atoms with van der Waals surface area (Å²) in [4.78, 5) is 5.58. The molecule has 7 heteroatoms. The van der Waals surface area contributed by atoms with Crippen LogP contribution in [0.5, 0.6) is 0 Å². The Hall–Kier alpha value is -1.34. The molecule has 2 rings (SSSR count). The van der Waals surface area contributed by atoms with Crippen molar-refractivity contribution in [3.05, 3.63) is 23.4 Å². The maximum Gasteiger partial charge on any atom is 0.433 e. The summed E-state index contributed by atoms with van der Waals surface area (Å²) in [6.45, 7) is 5.38. The molecule has 20 heavy (non-hydrogen) atoms. The third kappa shape index (κ3) is 3.21. The van der Waals surface area contributed by atoms with E-state index in [1.807, 2.05) is 13.8 Å². The molecule has 0 spiro atoms. The molecule has 0 radical (unpaired) electrons. The zero-order valence-corrected chi connectivity index (χ0v) is 11.5. The first-order chi connectivity index (χ1) is 9.23. The zero-order valence-electron chi connectivity index (χ0n) is 11.5. The molecule has 0 amide bonds. The number of hydrogen-bond acceptors (Lipinski definition) is 4. The van der Waals surface area contributed by atoms with Gasteiger partial charge in [0.15, 0.2) is 0 Å². The van der Waals surface area contributed by atoms with Gasteiger partial charge in [-0.05, 0) is 19.9 Å². The summed E-state index contributed by atoms with van der Waals surface area (Å²) < 4.78 is 43.9. The Morgan fingerprint density at radius 1 is 1.40 bits per heavy atom. The van der Waals surface area contributed by atoms with Gasteiger partial charge in [0.2, 0.25) is 0 Å². The van der Waals surface area contributed by atoms with Gasteiger partial charge in [0.25, 0.3) is 0 Å². The Kier molecular flexibility index (Phi) is 3.93. The number of anilines is 1. The molecule has 1 aromatic rings. The number of rotatable bonds is 2. The molecular weight excluding hydrogens is 271 g/mol. The lowest BCUT2D eigenvalue weighted by Gasteiger charge is -2.39. The van der Waals surface area contributed by atoms with Gasteiger partial charge in [0.1, 0.15) is 11.5 Å². The monoisotopic (exact) mass is 289 g/mol. The van der Waals surface area contributed by atoms with Crippen molar-refractivity contribution in [3.8, 4) is 0 Å². The zero-order chi connectivity index (χ0) is 15.0. The van der Waals surface area contributed by atoms with Gasteiger partial charge in [-0.25, -0.2) is 4.98 Å². The van der Waals surface area contributed by atoms with Crippen LogP contribution in [0, 0.1) is 0 Å². The molecule has 1 aliphatic rings. The van der Waals surface area contributed by atoms with Crippen LogP contribution < -0.4 is 10.6 Å². The van der Waals surface area contributed by atoms with Crippen molar-refractivity contribution in [1.29, 1.82) is 0 Å². The molecule has 0 atom stereocenters. The van der Waals surface area contributed by atoms with E-state index in [0.29, 0.717) is 31.1 Å². The number of pyridine rings is 1. The number of nitrogens with zero attached hydrogens (tertiary/aromatic N) is 2. The van der Waals surface area contributed by atoms with Crippen molar-refractivity contribution < 1.29 is 17.9 Å². The standard InChI is InChI=1S/C13H18F3N3O/c1-12(2)8-19(5-6-20-12)11-9(7-17)3-4-10(18-11)13(14,15)16/h3-4H,5-8,17H2,1-2H3. The van der Waals surface area contributed by atoms with Crippen molar-refractivity contribution in [3.63, 3.8) is 0 Å². The van der Waals surface area contributed by atoms with E-state index in [9.17, 15) is 13.2 Å². The molecule has 0 saturated carbocycles. The molecule has 0 aromatic carbocycles.